The van der Waals surface area contributed by atoms with E-state index >= 15 is 0 Å². The Morgan fingerprint density at radius 1 is 1.13 bits per heavy atom. The third-order valence-corrected chi connectivity index (χ3v) is 8.35. The van der Waals surface area contributed by atoms with Crippen molar-refractivity contribution >= 4 is 21.6 Å². The number of carbonyl (C=O) groups is 1. The van der Waals surface area contributed by atoms with E-state index in [2.05, 4.69) is 10.0 Å². The normalized spacial score (nSPS) is 21.8. The fourth-order valence-electron chi connectivity index (χ4n) is 5.10. The van der Waals surface area contributed by atoms with Crippen molar-refractivity contribution in [3.05, 3.63) is 83.7 Å². The number of rotatable bonds is 9. The summed E-state index contributed by atoms with van der Waals surface area (Å²) in [4.78, 5) is 12.7. The minimum Gasteiger partial charge on any atom is -0.496 e. The first-order valence-corrected chi connectivity index (χ1v) is 14.0. The first-order chi connectivity index (χ1) is 18.8. The lowest BCUT2D eigenvalue weighted by Crippen LogP contribution is -2.47. The van der Waals surface area contributed by atoms with Crippen LogP contribution in [0.25, 0.3) is 0 Å². The Labute approximate surface area is 226 Å². The molecular weight excluding hydrogens is 527 g/mol. The predicted molar refractivity (Wildman–Crippen MR) is 141 cm³/mol. The lowest BCUT2D eigenvalue weighted by atomic mass is 9.84. The molecule has 0 spiro atoms. The number of carbonyl (C=O) groups excluding carboxylic acids is 1. The summed E-state index contributed by atoms with van der Waals surface area (Å²) in [7, 11) is -2.37. The number of amides is 1. The van der Waals surface area contributed by atoms with E-state index in [4.69, 9.17) is 14.2 Å². The summed E-state index contributed by atoms with van der Waals surface area (Å²) >= 11 is 0. The van der Waals surface area contributed by atoms with Gasteiger partial charge in [-0.25, -0.2) is 12.8 Å². The highest BCUT2D eigenvalue weighted by Gasteiger charge is 2.46. The van der Waals surface area contributed by atoms with E-state index in [0.717, 1.165) is 23.3 Å². The van der Waals surface area contributed by atoms with Gasteiger partial charge in [-0.05, 0) is 55.0 Å². The molecule has 206 valence electrons. The number of anilines is 1. The highest BCUT2D eigenvalue weighted by molar-refractivity contribution is 7.92. The number of aliphatic hydroxyl groups excluding tert-OH is 1. The largest absolute Gasteiger partial charge is 0.496 e. The number of hydrogen-bond acceptors (Lipinski definition) is 7. The molecule has 3 aromatic carbocycles. The molecule has 0 saturated carbocycles. The van der Waals surface area contributed by atoms with Crippen LogP contribution in [-0.2, 0) is 26.1 Å². The second-order valence-electron chi connectivity index (χ2n) is 9.51. The standard InChI is InChI=1S/C28H29FN2O7S/c1-36-24-5-3-2-4-17(24)15-30-27(33)14-20-13-23-22-12-19(8-11-25(22)38-28(23)26(16-32)37-20)31-39(34,35)21-9-6-18(29)7-10-21/h2-12,20,23,26,28,31-32H,13-16H2,1H3,(H,30,33)/t20-,23-,26+,28+/m0/s1. The zero-order chi connectivity index (χ0) is 27.6. The van der Waals surface area contributed by atoms with Gasteiger partial charge >= 0.3 is 0 Å². The molecular formula is C28H29FN2O7S. The summed E-state index contributed by atoms with van der Waals surface area (Å²) in [6.07, 6.45) is -1.06. The van der Waals surface area contributed by atoms with Gasteiger partial charge in [0.15, 0.2) is 0 Å². The van der Waals surface area contributed by atoms with Crippen molar-refractivity contribution in [1.82, 2.24) is 5.32 Å². The molecule has 0 bridgehead atoms. The SMILES string of the molecule is COc1ccccc1CNC(=O)C[C@@H]1C[C@H]2c3cc(NS(=O)(=O)c4ccc(F)cc4)ccc3O[C@H]2[C@@H](CO)O1. The van der Waals surface area contributed by atoms with Gasteiger partial charge in [0.2, 0.25) is 5.91 Å². The number of nitrogens with one attached hydrogen (secondary N) is 2. The van der Waals surface area contributed by atoms with Crippen LogP contribution in [0.3, 0.4) is 0 Å². The first kappa shape index (κ1) is 26.9. The molecule has 0 aromatic heterocycles. The van der Waals surface area contributed by atoms with Crippen LogP contribution < -0.4 is 19.5 Å². The monoisotopic (exact) mass is 556 g/mol. The van der Waals surface area contributed by atoms with Gasteiger partial charge < -0.3 is 24.6 Å². The van der Waals surface area contributed by atoms with Gasteiger partial charge in [-0.3, -0.25) is 9.52 Å². The maximum absolute atomic E-state index is 13.2. The number of halogens is 1. The topological polar surface area (TPSA) is 123 Å². The molecule has 1 fully saturated rings. The minimum absolute atomic E-state index is 0.0656. The van der Waals surface area contributed by atoms with E-state index < -0.39 is 34.2 Å². The van der Waals surface area contributed by atoms with Crippen molar-refractivity contribution in [3.63, 3.8) is 0 Å². The number of benzene rings is 3. The van der Waals surface area contributed by atoms with Crippen molar-refractivity contribution in [2.75, 3.05) is 18.4 Å². The number of para-hydroxylation sites is 1. The molecule has 2 aliphatic rings. The summed E-state index contributed by atoms with van der Waals surface area (Å²) in [6, 6.07) is 16.9. The highest BCUT2D eigenvalue weighted by atomic mass is 32.2. The number of hydrogen-bond donors (Lipinski definition) is 3. The van der Waals surface area contributed by atoms with Gasteiger partial charge in [-0.15, -0.1) is 0 Å². The summed E-state index contributed by atoms with van der Waals surface area (Å²) in [5.41, 5.74) is 1.93. The smallest absolute Gasteiger partial charge is 0.261 e. The van der Waals surface area contributed by atoms with Crippen LogP contribution in [0, 0.1) is 5.82 Å². The average Bonchev–Trinajstić information content (AvgIpc) is 3.29. The summed E-state index contributed by atoms with van der Waals surface area (Å²) in [5.74, 6) is 0.295. The van der Waals surface area contributed by atoms with E-state index in [1.54, 1.807) is 25.3 Å². The molecule has 2 heterocycles. The van der Waals surface area contributed by atoms with E-state index in [1.807, 2.05) is 24.3 Å². The Kier molecular flexibility index (Phi) is 7.74. The number of aliphatic hydroxyl groups is 1. The second-order valence-corrected chi connectivity index (χ2v) is 11.2. The molecule has 4 atom stereocenters. The van der Waals surface area contributed by atoms with Gasteiger partial charge in [0, 0.05) is 29.3 Å². The van der Waals surface area contributed by atoms with E-state index in [-0.39, 0.29) is 29.7 Å². The minimum atomic E-state index is -3.94. The van der Waals surface area contributed by atoms with Crippen LogP contribution in [0.1, 0.15) is 29.9 Å². The Hall–Kier alpha value is -3.67. The molecule has 0 aliphatic carbocycles. The summed E-state index contributed by atoms with van der Waals surface area (Å²) < 4.78 is 58.8. The average molecular weight is 557 g/mol. The summed E-state index contributed by atoms with van der Waals surface area (Å²) in [6.45, 7) is 0.00704. The van der Waals surface area contributed by atoms with Crippen molar-refractivity contribution < 1.29 is 36.9 Å². The number of sulfonamides is 1. The Balaban J connectivity index is 1.28. The zero-order valence-electron chi connectivity index (χ0n) is 21.2. The Morgan fingerprint density at radius 2 is 1.90 bits per heavy atom. The maximum Gasteiger partial charge on any atom is 0.261 e. The van der Waals surface area contributed by atoms with E-state index in [9.17, 15) is 22.7 Å². The lowest BCUT2D eigenvalue weighted by molar-refractivity contribution is -0.142. The van der Waals surface area contributed by atoms with Gasteiger partial charge in [0.05, 0.1) is 31.1 Å². The van der Waals surface area contributed by atoms with Crippen molar-refractivity contribution in [2.45, 2.75) is 48.5 Å². The fourth-order valence-corrected chi connectivity index (χ4v) is 6.15. The van der Waals surface area contributed by atoms with Crippen LogP contribution in [0.2, 0.25) is 0 Å². The van der Waals surface area contributed by atoms with Gasteiger partial charge in [0.25, 0.3) is 10.0 Å². The molecule has 0 radical (unpaired) electrons. The van der Waals surface area contributed by atoms with Gasteiger partial charge in [0.1, 0.15) is 29.5 Å². The van der Waals surface area contributed by atoms with Gasteiger partial charge in [-0.1, -0.05) is 18.2 Å². The highest BCUT2D eigenvalue weighted by Crippen LogP contribution is 2.47. The van der Waals surface area contributed by atoms with Gasteiger partial charge in [-0.2, -0.15) is 0 Å². The van der Waals surface area contributed by atoms with Crippen LogP contribution in [-0.4, -0.2) is 51.5 Å². The molecule has 1 amide bonds. The number of methoxy groups -OCH3 is 1. The van der Waals surface area contributed by atoms with E-state index in [0.29, 0.717) is 30.2 Å². The summed E-state index contributed by atoms with van der Waals surface area (Å²) in [5, 5.41) is 12.9. The lowest BCUT2D eigenvalue weighted by Gasteiger charge is -2.37. The molecule has 3 aromatic rings. The van der Waals surface area contributed by atoms with E-state index in [1.165, 1.54) is 12.1 Å². The molecule has 2 aliphatic heterocycles. The van der Waals surface area contributed by atoms with Crippen molar-refractivity contribution in [3.8, 4) is 11.5 Å². The maximum atomic E-state index is 13.2. The molecule has 39 heavy (non-hydrogen) atoms. The quantitative estimate of drug-likeness (QED) is 0.370. The first-order valence-electron chi connectivity index (χ1n) is 12.5. The van der Waals surface area contributed by atoms with Crippen LogP contribution in [0.5, 0.6) is 11.5 Å². The van der Waals surface area contributed by atoms with Crippen molar-refractivity contribution in [1.29, 1.82) is 0 Å². The predicted octanol–water partition coefficient (Wildman–Crippen LogP) is 3.34. The van der Waals surface area contributed by atoms with Crippen LogP contribution in [0.4, 0.5) is 10.1 Å². The second kappa shape index (κ2) is 11.2. The molecule has 11 heteroatoms. The van der Waals surface area contributed by atoms with Crippen LogP contribution in [0.15, 0.2) is 71.6 Å². The molecule has 0 unspecified atom stereocenters. The van der Waals surface area contributed by atoms with Crippen molar-refractivity contribution in [2.24, 2.45) is 0 Å². The zero-order valence-corrected chi connectivity index (χ0v) is 22.0. The Bertz CT molecular complexity index is 1450. The number of ether oxygens (including phenoxy) is 3. The third kappa shape index (κ3) is 5.85. The molecule has 1 saturated heterocycles. The molecule has 9 nitrogen and oxygen atoms in total. The third-order valence-electron chi connectivity index (χ3n) is 6.96. The number of fused-ring (bicyclic) bond motifs is 3. The van der Waals surface area contributed by atoms with Crippen LogP contribution >= 0.6 is 0 Å². The molecule has 3 N–H and O–H groups in total. The Morgan fingerprint density at radius 3 is 2.64 bits per heavy atom. The fraction of sp³-hybridized carbons (Fsp3) is 0.321. The molecule has 5 rings (SSSR count).